The lowest BCUT2D eigenvalue weighted by molar-refractivity contribution is 0.626. The maximum Gasteiger partial charge on any atom is 0.123 e. The summed E-state index contributed by atoms with van der Waals surface area (Å²) in [6, 6.07) is 5.13. The van der Waals surface area contributed by atoms with Crippen LogP contribution in [0.2, 0.25) is 0 Å². The van der Waals surface area contributed by atoms with Crippen molar-refractivity contribution in [2.75, 3.05) is 0 Å². The van der Waals surface area contributed by atoms with Gasteiger partial charge < -0.3 is 0 Å². The molecular formula is C7H8FNOS. The Morgan fingerprint density at radius 1 is 1.36 bits per heavy atom. The van der Waals surface area contributed by atoms with E-state index >= 15 is 0 Å². The quantitative estimate of drug-likeness (QED) is 0.626. The molecule has 4 heteroatoms. The zero-order valence-electron chi connectivity index (χ0n) is 5.79. The number of nitrogens with two attached hydrogens (primary N) is 1. The van der Waals surface area contributed by atoms with E-state index in [-0.39, 0.29) is 5.82 Å². The van der Waals surface area contributed by atoms with Gasteiger partial charge in [-0.2, -0.15) is 0 Å². The van der Waals surface area contributed by atoms with E-state index in [1.807, 2.05) is 0 Å². The fraction of sp³-hybridized carbons (Fsp3) is 0. The monoisotopic (exact) mass is 173 g/mol. The van der Waals surface area contributed by atoms with E-state index in [9.17, 15) is 8.60 Å². The molecule has 0 aliphatic carbocycles. The first kappa shape index (κ1) is 8.23. The minimum Gasteiger partial charge on any atom is -0.256 e. The molecule has 60 valence electrons. The highest BCUT2D eigenvalue weighted by atomic mass is 32.2. The molecule has 1 atom stereocenters. The lowest BCUT2D eigenvalue weighted by Crippen LogP contribution is -2.11. The SMILES string of the molecule is C=S(N)(=O)c1ccc(F)cc1. The molecule has 0 fully saturated rings. The lowest BCUT2D eigenvalue weighted by atomic mass is 10.4. The predicted octanol–water partition coefficient (Wildman–Crippen LogP) is 0.775. The van der Waals surface area contributed by atoms with Gasteiger partial charge in [-0.05, 0) is 30.1 Å². The van der Waals surface area contributed by atoms with Crippen LogP contribution in [0.3, 0.4) is 0 Å². The number of benzene rings is 1. The van der Waals surface area contributed by atoms with E-state index in [0.717, 1.165) is 0 Å². The van der Waals surface area contributed by atoms with E-state index in [4.69, 9.17) is 5.14 Å². The molecule has 1 aromatic carbocycles. The summed E-state index contributed by atoms with van der Waals surface area (Å²) in [5.74, 6) is 2.88. The molecule has 0 amide bonds. The van der Waals surface area contributed by atoms with Gasteiger partial charge in [-0.3, -0.25) is 5.14 Å². The maximum absolute atomic E-state index is 12.3. The fourth-order valence-electron chi connectivity index (χ4n) is 0.665. The zero-order chi connectivity index (χ0) is 8.48. The van der Waals surface area contributed by atoms with Gasteiger partial charge in [0.15, 0.2) is 0 Å². The Kier molecular flexibility index (Phi) is 1.97. The number of hydrogen-bond donors (Lipinski definition) is 1. The molecule has 11 heavy (non-hydrogen) atoms. The first-order valence-electron chi connectivity index (χ1n) is 2.91. The van der Waals surface area contributed by atoms with E-state index in [1.54, 1.807) is 0 Å². The lowest BCUT2D eigenvalue weighted by Gasteiger charge is -2.00. The van der Waals surface area contributed by atoms with Gasteiger partial charge in [-0.1, -0.05) is 0 Å². The van der Waals surface area contributed by atoms with Crippen LogP contribution in [0.4, 0.5) is 4.39 Å². The van der Waals surface area contributed by atoms with Crippen LogP contribution < -0.4 is 5.14 Å². The molecule has 2 nitrogen and oxygen atoms in total. The molecule has 0 saturated heterocycles. The standard InChI is InChI=1S/C7H8FNOS/c1-11(9,10)7-4-2-6(8)3-5-7/h2-5H,1H2,(H2,9,10). The van der Waals surface area contributed by atoms with Gasteiger partial charge in [0.25, 0.3) is 0 Å². The van der Waals surface area contributed by atoms with Crippen molar-refractivity contribution >= 4 is 15.6 Å². The van der Waals surface area contributed by atoms with Crippen LogP contribution in [0.25, 0.3) is 0 Å². The van der Waals surface area contributed by atoms with Crippen LogP contribution in [0.15, 0.2) is 29.2 Å². The minimum atomic E-state index is -2.69. The second-order valence-electron chi connectivity index (χ2n) is 2.18. The zero-order valence-corrected chi connectivity index (χ0v) is 6.60. The van der Waals surface area contributed by atoms with Gasteiger partial charge in [-0.25, -0.2) is 8.60 Å². The van der Waals surface area contributed by atoms with Crippen molar-refractivity contribution < 1.29 is 8.60 Å². The third kappa shape index (κ3) is 2.03. The van der Waals surface area contributed by atoms with Crippen molar-refractivity contribution in [2.24, 2.45) is 5.14 Å². The van der Waals surface area contributed by atoms with Crippen LogP contribution >= 0.6 is 0 Å². The molecule has 1 rings (SSSR count). The third-order valence-corrected chi connectivity index (χ3v) is 2.28. The van der Waals surface area contributed by atoms with Crippen LogP contribution in [-0.2, 0) is 9.71 Å². The molecule has 0 spiro atoms. The van der Waals surface area contributed by atoms with Crippen molar-refractivity contribution in [1.29, 1.82) is 0 Å². The molecule has 0 radical (unpaired) electrons. The smallest absolute Gasteiger partial charge is 0.123 e. The molecule has 0 aliphatic heterocycles. The van der Waals surface area contributed by atoms with Gasteiger partial charge >= 0.3 is 0 Å². The van der Waals surface area contributed by atoms with Crippen LogP contribution in [0.5, 0.6) is 0 Å². The van der Waals surface area contributed by atoms with E-state index < -0.39 is 9.71 Å². The predicted molar refractivity (Wildman–Crippen MR) is 44.1 cm³/mol. The van der Waals surface area contributed by atoms with Crippen molar-refractivity contribution in [1.82, 2.24) is 0 Å². The summed E-state index contributed by atoms with van der Waals surface area (Å²) in [5, 5.41) is 5.20. The van der Waals surface area contributed by atoms with E-state index in [1.165, 1.54) is 24.3 Å². The summed E-state index contributed by atoms with van der Waals surface area (Å²) < 4.78 is 23.4. The number of hydrogen-bond acceptors (Lipinski definition) is 1. The summed E-state index contributed by atoms with van der Waals surface area (Å²) in [7, 11) is -2.69. The summed E-state index contributed by atoms with van der Waals surface area (Å²) in [6.07, 6.45) is 0. The fourth-order valence-corrected chi connectivity index (χ4v) is 1.26. The Bertz CT molecular complexity index is 341. The Morgan fingerprint density at radius 2 is 1.82 bits per heavy atom. The summed E-state index contributed by atoms with van der Waals surface area (Å²) in [6.45, 7) is 0. The molecule has 1 aromatic rings. The second-order valence-corrected chi connectivity index (χ2v) is 4.10. The molecule has 0 heterocycles. The Balaban J connectivity index is 3.20. The van der Waals surface area contributed by atoms with Crippen molar-refractivity contribution in [3.05, 3.63) is 30.1 Å². The average Bonchev–Trinajstić information content (AvgIpc) is 1.86. The first-order valence-corrected chi connectivity index (χ1v) is 4.70. The summed E-state index contributed by atoms with van der Waals surface area (Å²) >= 11 is 0. The highest BCUT2D eigenvalue weighted by molar-refractivity contribution is 7.98. The van der Waals surface area contributed by atoms with Crippen molar-refractivity contribution in [3.63, 3.8) is 0 Å². The highest BCUT2D eigenvalue weighted by Crippen LogP contribution is 2.06. The molecule has 0 aromatic heterocycles. The average molecular weight is 173 g/mol. The van der Waals surface area contributed by atoms with E-state index in [0.29, 0.717) is 4.90 Å². The number of halogens is 1. The van der Waals surface area contributed by atoms with Crippen LogP contribution in [0, 0.1) is 5.82 Å². The Labute approximate surface area is 65.0 Å². The molecule has 2 N–H and O–H groups in total. The highest BCUT2D eigenvalue weighted by Gasteiger charge is 1.99. The Hall–Kier alpha value is -0.870. The molecule has 0 saturated carbocycles. The molecular weight excluding hydrogens is 165 g/mol. The summed E-state index contributed by atoms with van der Waals surface area (Å²) in [4.78, 5) is 0.360. The van der Waals surface area contributed by atoms with Gasteiger partial charge in [0.1, 0.15) is 5.82 Å². The largest absolute Gasteiger partial charge is 0.256 e. The Morgan fingerprint density at radius 3 is 2.18 bits per heavy atom. The van der Waals surface area contributed by atoms with Gasteiger partial charge in [-0.15, -0.1) is 0 Å². The molecule has 1 unspecified atom stereocenters. The number of rotatable bonds is 1. The van der Waals surface area contributed by atoms with Crippen molar-refractivity contribution in [2.45, 2.75) is 4.90 Å². The van der Waals surface area contributed by atoms with Gasteiger partial charge in [0, 0.05) is 4.90 Å². The molecule has 0 bridgehead atoms. The first-order chi connectivity index (χ1) is 5.00. The molecule has 0 aliphatic rings. The second kappa shape index (κ2) is 2.64. The summed E-state index contributed by atoms with van der Waals surface area (Å²) in [5.41, 5.74) is 0. The maximum atomic E-state index is 12.3. The van der Waals surface area contributed by atoms with Gasteiger partial charge in [0.05, 0.1) is 9.71 Å². The van der Waals surface area contributed by atoms with Crippen LogP contribution in [0.1, 0.15) is 0 Å². The normalized spacial score (nSPS) is 15.8. The third-order valence-electron chi connectivity index (χ3n) is 1.21. The minimum absolute atomic E-state index is 0.360. The topological polar surface area (TPSA) is 43.1 Å². The van der Waals surface area contributed by atoms with Crippen LogP contribution in [-0.4, -0.2) is 10.1 Å². The van der Waals surface area contributed by atoms with E-state index in [2.05, 4.69) is 5.87 Å². The van der Waals surface area contributed by atoms with Crippen molar-refractivity contribution in [3.8, 4) is 0 Å². The van der Waals surface area contributed by atoms with Gasteiger partial charge in [0.2, 0.25) is 0 Å².